The van der Waals surface area contributed by atoms with Gasteiger partial charge in [-0.05, 0) is 63.0 Å². The highest BCUT2D eigenvalue weighted by molar-refractivity contribution is 5.99. The molecule has 1 fully saturated rings. The topological polar surface area (TPSA) is 40.5 Å². The van der Waals surface area contributed by atoms with Gasteiger partial charge < -0.3 is 5.11 Å². The Balaban J connectivity index is 1.98. The molecule has 0 amide bonds. The first kappa shape index (κ1) is 14.1. The van der Waals surface area contributed by atoms with Gasteiger partial charge in [-0.3, -0.25) is 9.69 Å². The number of piperidine rings is 1. The summed E-state index contributed by atoms with van der Waals surface area (Å²) in [5.41, 5.74) is 0.683. The lowest BCUT2D eigenvalue weighted by Gasteiger charge is -2.35. The lowest BCUT2D eigenvalue weighted by Crippen LogP contribution is -2.43. The maximum absolute atomic E-state index is 12.4. The van der Waals surface area contributed by atoms with Crippen LogP contribution in [0.5, 0.6) is 5.75 Å². The quantitative estimate of drug-likeness (QED) is 0.847. The van der Waals surface area contributed by atoms with Gasteiger partial charge in [0.1, 0.15) is 5.75 Å². The number of ketones is 1. The van der Waals surface area contributed by atoms with Gasteiger partial charge in [0.25, 0.3) is 0 Å². The van der Waals surface area contributed by atoms with Crippen LogP contribution in [-0.4, -0.2) is 34.9 Å². The summed E-state index contributed by atoms with van der Waals surface area (Å²) < 4.78 is 0. The molecule has 0 spiro atoms. The van der Waals surface area contributed by atoms with Crippen molar-refractivity contribution >= 4 is 5.78 Å². The average molecular weight is 261 g/mol. The Kier molecular flexibility index (Phi) is 4.59. The summed E-state index contributed by atoms with van der Waals surface area (Å²) in [5, 5.41) is 9.26. The van der Waals surface area contributed by atoms with Gasteiger partial charge in [0.05, 0.1) is 6.04 Å². The van der Waals surface area contributed by atoms with E-state index in [4.69, 9.17) is 0 Å². The number of phenols is 1. The highest BCUT2D eigenvalue weighted by Crippen LogP contribution is 2.23. The number of Topliss-reactive ketones (excluding diaryl/α,β-unsaturated/α-hetero) is 1. The van der Waals surface area contributed by atoms with E-state index in [0.29, 0.717) is 5.56 Å². The van der Waals surface area contributed by atoms with Crippen molar-refractivity contribution < 1.29 is 9.90 Å². The van der Waals surface area contributed by atoms with Gasteiger partial charge in [-0.25, -0.2) is 0 Å². The molecule has 0 aromatic heterocycles. The molecule has 0 saturated carbocycles. The van der Waals surface area contributed by atoms with Crippen LogP contribution in [0, 0.1) is 5.92 Å². The molecule has 1 atom stereocenters. The molecule has 1 unspecified atom stereocenters. The fraction of sp³-hybridized carbons (Fsp3) is 0.562. The second-order valence-corrected chi connectivity index (χ2v) is 5.47. The molecule has 1 heterocycles. The van der Waals surface area contributed by atoms with E-state index in [-0.39, 0.29) is 17.6 Å². The number of carbonyl (C=O) groups excluding carboxylic acids is 1. The summed E-state index contributed by atoms with van der Waals surface area (Å²) in [6.45, 7) is 6.26. The summed E-state index contributed by atoms with van der Waals surface area (Å²) in [6.07, 6.45) is 3.64. The van der Waals surface area contributed by atoms with Crippen molar-refractivity contribution in [3.05, 3.63) is 29.8 Å². The van der Waals surface area contributed by atoms with Gasteiger partial charge in [-0.2, -0.15) is 0 Å². The van der Waals surface area contributed by atoms with Crippen molar-refractivity contribution in [1.82, 2.24) is 4.90 Å². The van der Waals surface area contributed by atoms with E-state index in [2.05, 4.69) is 11.8 Å². The molecule has 3 nitrogen and oxygen atoms in total. The molecule has 104 valence electrons. The van der Waals surface area contributed by atoms with Gasteiger partial charge in [0, 0.05) is 5.56 Å². The minimum atomic E-state index is -0.0673. The minimum Gasteiger partial charge on any atom is -0.508 e. The SMILES string of the molecule is CCC1CCN(C(C)C(=O)c2ccc(O)cc2)CC1. The average Bonchev–Trinajstić information content (AvgIpc) is 2.46. The number of hydrogen-bond donors (Lipinski definition) is 1. The number of nitrogens with zero attached hydrogens (tertiary/aromatic N) is 1. The van der Waals surface area contributed by atoms with Gasteiger partial charge >= 0.3 is 0 Å². The summed E-state index contributed by atoms with van der Waals surface area (Å²) >= 11 is 0. The number of hydrogen-bond acceptors (Lipinski definition) is 3. The highest BCUT2D eigenvalue weighted by Gasteiger charge is 2.26. The standard InChI is InChI=1S/C16H23NO2/c1-3-13-8-10-17(11-9-13)12(2)16(19)14-4-6-15(18)7-5-14/h4-7,12-13,18H,3,8-11H2,1-2H3. The molecule has 0 bridgehead atoms. The number of aromatic hydroxyl groups is 1. The van der Waals surface area contributed by atoms with Gasteiger partial charge in [-0.15, -0.1) is 0 Å². The molecule has 2 rings (SSSR count). The zero-order chi connectivity index (χ0) is 13.8. The van der Waals surface area contributed by atoms with Crippen molar-refractivity contribution in [2.45, 2.75) is 39.2 Å². The second kappa shape index (κ2) is 6.20. The summed E-state index contributed by atoms with van der Waals surface area (Å²) in [6, 6.07) is 6.48. The van der Waals surface area contributed by atoms with Crippen LogP contribution in [-0.2, 0) is 0 Å². The van der Waals surface area contributed by atoms with Crippen molar-refractivity contribution in [2.24, 2.45) is 5.92 Å². The summed E-state index contributed by atoms with van der Waals surface area (Å²) in [5.74, 6) is 1.18. The van der Waals surface area contributed by atoms with E-state index in [9.17, 15) is 9.90 Å². The van der Waals surface area contributed by atoms with Crippen LogP contribution in [0.4, 0.5) is 0 Å². The van der Waals surface area contributed by atoms with Gasteiger partial charge in [-0.1, -0.05) is 13.3 Å². The van der Waals surface area contributed by atoms with Crippen LogP contribution in [0.1, 0.15) is 43.5 Å². The number of benzene rings is 1. The van der Waals surface area contributed by atoms with Crippen LogP contribution >= 0.6 is 0 Å². The zero-order valence-electron chi connectivity index (χ0n) is 11.8. The molecule has 1 saturated heterocycles. The second-order valence-electron chi connectivity index (χ2n) is 5.47. The lowest BCUT2D eigenvalue weighted by atomic mass is 9.92. The monoisotopic (exact) mass is 261 g/mol. The van der Waals surface area contributed by atoms with Crippen LogP contribution in [0.25, 0.3) is 0 Å². The molecule has 1 aliphatic heterocycles. The largest absolute Gasteiger partial charge is 0.508 e. The first-order chi connectivity index (χ1) is 9.11. The lowest BCUT2D eigenvalue weighted by molar-refractivity contribution is 0.0769. The van der Waals surface area contributed by atoms with E-state index in [1.165, 1.54) is 19.3 Å². The first-order valence-electron chi connectivity index (χ1n) is 7.19. The van der Waals surface area contributed by atoms with E-state index in [1.807, 2.05) is 6.92 Å². The third-order valence-electron chi connectivity index (χ3n) is 4.31. The minimum absolute atomic E-state index is 0.0673. The highest BCUT2D eigenvalue weighted by atomic mass is 16.3. The smallest absolute Gasteiger partial charge is 0.179 e. The molecular weight excluding hydrogens is 238 g/mol. The number of rotatable bonds is 4. The molecule has 1 aromatic carbocycles. The Morgan fingerprint density at radius 3 is 2.42 bits per heavy atom. The third-order valence-corrected chi connectivity index (χ3v) is 4.31. The van der Waals surface area contributed by atoms with E-state index in [0.717, 1.165) is 19.0 Å². The number of carbonyl (C=O) groups is 1. The first-order valence-corrected chi connectivity index (χ1v) is 7.19. The Hall–Kier alpha value is -1.35. The fourth-order valence-corrected chi connectivity index (χ4v) is 2.78. The fourth-order valence-electron chi connectivity index (χ4n) is 2.78. The van der Waals surface area contributed by atoms with Crippen LogP contribution < -0.4 is 0 Å². The maximum atomic E-state index is 12.4. The van der Waals surface area contributed by atoms with Crippen molar-refractivity contribution in [1.29, 1.82) is 0 Å². The van der Waals surface area contributed by atoms with E-state index < -0.39 is 0 Å². The Morgan fingerprint density at radius 2 is 1.89 bits per heavy atom. The molecular formula is C16H23NO2. The van der Waals surface area contributed by atoms with Crippen LogP contribution in [0.15, 0.2) is 24.3 Å². The predicted octanol–water partition coefficient (Wildman–Crippen LogP) is 3.09. The number of phenolic OH excluding ortho intramolecular Hbond substituents is 1. The van der Waals surface area contributed by atoms with Crippen molar-refractivity contribution in [3.63, 3.8) is 0 Å². The molecule has 0 radical (unpaired) electrons. The van der Waals surface area contributed by atoms with Crippen LogP contribution in [0.2, 0.25) is 0 Å². The van der Waals surface area contributed by atoms with Crippen molar-refractivity contribution in [3.8, 4) is 5.75 Å². The molecule has 19 heavy (non-hydrogen) atoms. The van der Waals surface area contributed by atoms with E-state index >= 15 is 0 Å². The van der Waals surface area contributed by atoms with Crippen molar-refractivity contribution in [2.75, 3.05) is 13.1 Å². The molecule has 1 N–H and O–H groups in total. The van der Waals surface area contributed by atoms with E-state index in [1.54, 1.807) is 24.3 Å². The predicted molar refractivity (Wildman–Crippen MR) is 76.5 cm³/mol. The summed E-state index contributed by atoms with van der Waals surface area (Å²) in [4.78, 5) is 14.7. The third kappa shape index (κ3) is 3.35. The maximum Gasteiger partial charge on any atom is 0.179 e. The summed E-state index contributed by atoms with van der Waals surface area (Å²) in [7, 11) is 0. The normalized spacial score (nSPS) is 19.3. The Bertz CT molecular complexity index is 419. The van der Waals surface area contributed by atoms with Gasteiger partial charge in [0.2, 0.25) is 0 Å². The Labute approximate surface area is 115 Å². The Morgan fingerprint density at radius 1 is 1.32 bits per heavy atom. The zero-order valence-corrected chi connectivity index (χ0v) is 11.8. The molecule has 3 heteroatoms. The molecule has 0 aliphatic carbocycles. The molecule has 1 aromatic rings. The molecule has 1 aliphatic rings. The van der Waals surface area contributed by atoms with Gasteiger partial charge in [0.15, 0.2) is 5.78 Å². The number of likely N-dealkylation sites (tertiary alicyclic amines) is 1. The van der Waals surface area contributed by atoms with Crippen LogP contribution in [0.3, 0.4) is 0 Å².